The van der Waals surface area contributed by atoms with Crippen molar-refractivity contribution in [3.05, 3.63) is 56.9 Å². The van der Waals surface area contributed by atoms with Crippen molar-refractivity contribution in [2.75, 3.05) is 12.3 Å². The van der Waals surface area contributed by atoms with Gasteiger partial charge in [0.2, 0.25) is 0 Å². The van der Waals surface area contributed by atoms with Gasteiger partial charge in [0, 0.05) is 17.4 Å². The molecule has 0 amide bonds. The molecule has 0 unspecified atom stereocenters. The molecular weight excluding hydrogens is 258 g/mol. The first-order valence-corrected chi connectivity index (χ1v) is 6.41. The fourth-order valence-electron chi connectivity index (χ4n) is 1.80. The van der Waals surface area contributed by atoms with E-state index in [0.29, 0.717) is 36.6 Å². The van der Waals surface area contributed by atoms with Crippen molar-refractivity contribution in [2.24, 2.45) is 0 Å². The molecule has 6 nitrogen and oxygen atoms in total. The summed E-state index contributed by atoms with van der Waals surface area (Å²) in [5.74, 6) is 0.687. The Balaban J connectivity index is 2.02. The zero-order valence-electron chi connectivity index (χ0n) is 11.3. The molecule has 20 heavy (non-hydrogen) atoms. The fourth-order valence-corrected chi connectivity index (χ4v) is 1.80. The topological polar surface area (TPSA) is 90.1 Å². The van der Waals surface area contributed by atoms with Gasteiger partial charge in [-0.1, -0.05) is 6.92 Å². The van der Waals surface area contributed by atoms with Crippen molar-refractivity contribution in [3.63, 3.8) is 0 Å². The van der Waals surface area contributed by atoms with Crippen LogP contribution in [0, 0.1) is 0 Å². The quantitative estimate of drug-likeness (QED) is 0.788. The average Bonchev–Trinajstić information content (AvgIpc) is 2.43. The Kier molecular flexibility index (Phi) is 4.24. The van der Waals surface area contributed by atoms with E-state index < -0.39 is 5.69 Å². The number of nitrogens with one attached hydrogen (secondary N) is 1. The first-order valence-electron chi connectivity index (χ1n) is 6.41. The fraction of sp³-hybridized carbons (Fsp3) is 0.286. The number of benzene rings is 1. The lowest BCUT2D eigenvalue weighted by Gasteiger charge is -2.09. The Hall–Kier alpha value is -2.50. The van der Waals surface area contributed by atoms with Gasteiger partial charge in [0.1, 0.15) is 12.4 Å². The third-order valence-corrected chi connectivity index (χ3v) is 2.95. The number of ether oxygens (including phenoxy) is 1. The van der Waals surface area contributed by atoms with Crippen LogP contribution < -0.4 is 21.7 Å². The number of nitrogen functional groups attached to an aromatic ring is 1. The van der Waals surface area contributed by atoms with Gasteiger partial charge in [-0.25, -0.2) is 4.79 Å². The second-order valence-corrected chi connectivity index (χ2v) is 4.38. The summed E-state index contributed by atoms with van der Waals surface area (Å²) >= 11 is 0. The molecule has 1 aromatic carbocycles. The molecule has 6 heteroatoms. The predicted octanol–water partition coefficient (Wildman–Crippen LogP) is 0.760. The summed E-state index contributed by atoms with van der Waals surface area (Å²) in [5.41, 5.74) is 6.08. The number of nitrogens with two attached hydrogens (primary N) is 1. The summed E-state index contributed by atoms with van der Waals surface area (Å²) < 4.78 is 6.96. The van der Waals surface area contributed by atoms with Crippen molar-refractivity contribution in [1.82, 2.24) is 9.55 Å². The van der Waals surface area contributed by atoms with Crippen molar-refractivity contribution >= 4 is 5.69 Å². The van der Waals surface area contributed by atoms with Crippen molar-refractivity contribution in [3.8, 4) is 5.75 Å². The average molecular weight is 275 g/mol. The minimum atomic E-state index is -0.423. The standard InChI is InChI=1S/C14H17N3O3/c1-2-10-9-17(14(19)16-13(10)18)7-8-20-12-5-3-11(15)4-6-12/h3-6,9H,2,7-8,15H2,1H3,(H,16,18,19). The van der Waals surface area contributed by atoms with E-state index in [0.717, 1.165) is 0 Å². The van der Waals surface area contributed by atoms with Crippen LogP contribution in [0.3, 0.4) is 0 Å². The highest BCUT2D eigenvalue weighted by Gasteiger charge is 2.03. The van der Waals surface area contributed by atoms with Gasteiger partial charge in [0.05, 0.1) is 6.54 Å². The van der Waals surface area contributed by atoms with Crippen LogP contribution in [0.5, 0.6) is 5.75 Å². The monoisotopic (exact) mass is 275 g/mol. The lowest BCUT2D eigenvalue weighted by molar-refractivity contribution is 0.295. The maximum atomic E-state index is 11.6. The summed E-state index contributed by atoms with van der Waals surface area (Å²) in [4.78, 5) is 25.4. The third-order valence-electron chi connectivity index (χ3n) is 2.95. The zero-order chi connectivity index (χ0) is 14.5. The molecule has 0 bridgehead atoms. The maximum Gasteiger partial charge on any atom is 0.328 e. The van der Waals surface area contributed by atoms with Gasteiger partial charge < -0.3 is 10.5 Å². The number of rotatable bonds is 5. The molecule has 0 saturated heterocycles. The van der Waals surface area contributed by atoms with Crippen LogP contribution in [0.2, 0.25) is 0 Å². The van der Waals surface area contributed by atoms with E-state index in [2.05, 4.69) is 4.98 Å². The van der Waals surface area contributed by atoms with Crippen molar-refractivity contribution < 1.29 is 4.74 Å². The molecule has 0 aliphatic rings. The number of nitrogens with zero attached hydrogens (tertiary/aromatic N) is 1. The Morgan fingerprint density at radius 3 is 2.60 bits per heavy atom. The van der Waals surface area contributed by atoms with Crippen LogP contribution >= 0.6 is 0 Å². The lowest BCUT2D eigenvalue weighted by Crippen LogP contribution is -2.32. The van der Waals surface area contributed by atoms with E-state index in [-0.39, 0.29) is 5.56 Å². The molecule has 0 fully saturated rings. The SMILES string of the molecule is CCc1cn(CCOc2ccc(N)cc2)c(=O)[nH]c1=O. The number of hydrogen-bond donors (Lipinski definition) is 2. The van der Waals surface area contributed by atoms with E-state index in [4.69, 9.17) is 10.5 Å². The predicted molar refractivity (Wildman–Crippen MR) is 77.1 cm³/mol. The van der Waals surface area contributed by atoms with E-state index in [1.807, 2.05) is 6.92 Å². The second-order valence-electron chi connectivity index (χ2n) is 4.38. The normalized spacial score (nSPS) is 10.4. The van der Waals surface area contributed by atoms with Gasteiger partial charge in [0.25, 0.3) is 5.56 Å². The molecular formula is C14H17N3O3. The molecule has 0 atom stereocenters. The number of anilines is 1. The van der Waals surface area contributed by atoms with Crippen LogP contribution in [0.4, 0.5) is 5.69 Å². The third kappa shape index (κ3) is 3.28. The Bertz CT molecular complexity index is 686. The maximum absolute atomic E-state index is 11.6. The molecule has 1 heterocycles. The van der Waals surface area contributed by atoms with Gasteiger partial charge in [-0.2, -0.15) is 0 Å². The smallest absolute Gasteiger partial charge is 0.328 e. The van der Waals surface area contributed by atoms with Gasteiger partial charge >= 0.3 is 5.69 Å². The minimum absolute atomic E-state index is 0.326. The van der Waals surface area contributed by atoms with Gasteiger partial charge in [-0.05, 0) is 30.7 Å². The van der Waals surface area contributed by atoms with E-state index in [1.54, 1.807) is 30.5 Å². The molecule has 0 radical (unpaired) electrons. The summed E-state index contributed by atoms with van der Waals surface area (Å²) in [6.07, 6.45) is 2.15. The Labute approximate surface area is 115 Å². The number of aromatic nitrogens is 2. The first-order chi connectivity index (χ1) is 9.60. The highest BCUT2D eigenvalue weighted by atomic mass is 16.5. The second kappa shape index (κ2) is 6.10. The molecule has 2 aromatic rings. The van der Waals surface area contributed by atoms with Gasteiger partial charge in [0.15, 0.2) is 0 Å². The molecule has 2 rings (SSSR count). The molecule has 0 aliphatic heterocycles. The number of hydrogen-bond acceptors (Lipinski definition) is 4. The van der Waals surface area contributed by atoms with Crippen LogP contribution in [0.15, 0.2) is 40.1 Å². The zero-order valence-corrected chi connectivity index (χ0v) is 11.3. The van der Waals surface area contributed by atoms with E-state index in [1.165, 1.54) is 4.57 Å². The van der Waals surface area contributed by atoms with Crippen LogP contribution in [0.25, 0.3) is 0 Å². The summed E-state index contributed by atoms with van der Waals surface area (Å²) in [6.45, 7) is 2.57. The number of H-pyrrole nitrogens is 1. The first kappa shape index (κ1) is 13.9. The van der Waals surface area contributed by atoms with Crippen molar-refractivity contribution in [1.29, 1.82) is 0 Å². The molecule has 1 aromatic heterocycles. The summed E-state index contributed by atoms with van der Waals surface area (Å²) in [6, 6.07) is 7.03. The molecule has 3 N–H and O–H groups in total. The van der Waals surface area contributed by atoms with Crippen LogP contribution in [0.1, 0.15) is 12.5 Å². The highest BCUT2D eigenvalue weighted by molar-refractivity contribution is 5.41. The Morgan fingerprint density at radius 1 is 1.25 bits per heavy atom. The largest absolute Gasteiger partial charge is 0.492 e. The van der Waals surface area contributed by atoms with Gasteiger partial charge in [-0.15, -0.1) is 0 Å². The molecule has 0 saturated carbocycles. The van der Waals surface area contributed by atoms with E-state index in [9.17, 15) is 9.59 Å². The number of aryl methyl sites for hydroxylation is 1. The lowest BCUT2D eigenvalue weighted by atomic mass is 10.3. The summed E-state index contributed by atoms with van der Waals surface area (Å²) in [5, 5.41) is 0. The molecule has 0 aliphatic carbocycles. The minimum Gasteiger partial charge on any atom is -0.492 e. The highest BCUT2D eigenvalue weighted by Crippen LogP contribution is 2.12. The number of aromatic amines is 1. The van der Waals surface area contributed by atoms with Crippen LogP contribution in [-0.4, -0.2) is 16.2 Å². The summed E-state index contributed by atoms with van der Waals surface area (Å²) in [7, 11) is 0. The molecule has 106 valence electrons. The molecule has 0 spiro atoms. The van der Waals surface area contributed by atoms with Gasteiger partial charge in [-0.3, -0.25) is 14.3 Å². The Morgan fingerprint density at radius 2 is 1.95 bits per heavy atom. The van der Waals surface area contributed by atoms with Crippen LogP contribution in [-0.2, 0) is 13.0 Å². The van der Waals surface area contributed by atoms with Crippen molar-refractivity contribution in [2.45, 2.75) is 19.9 Å². The van der Waals surface area contributed by atoms with E-state index >= 15 is 0 Å².